The standard InChI is InChI=1S/C13H19Br2NO2/c1-3-10(4-5-17)16-8-9-6-11(14)13(18-2)12(15)7-9/h6-7,10,16-17H,3-5,8H2,1-2H3. The van der Waals surface area contributed by atoms with Gasteiger partial charge in [-0.25, -0.2) is 0 Å². The summed E-state index contributed by atoms with van der Waals surface area (Å²) in [6.07, 6.45) is 1.80. The Morgan fingerprint density at radius 2 is 1.94 bits per heavy atom. The first-order valence-corrected chi connectivity index (χ1v) is 7.57. The van der Waals surface area contributed by atoms with Crippen molar-refractivity contribution in [3.8, 4) is 5.75 Å². The first-order valence-electron chi connectivity index (χ1n) is 5.98. The maximum atomic E-state index is 8.95. The van der Waals surface area contributed by atoms with Gasteiger partial charge in [-0.2, -0.15) is 0 Å². The molecule has 0 spiro atoms. The van der Waals surface area contributed by atoms with Gasteiger partial charge >= 0.3 is 0 Å². The van der Waals surface area contributed by atoms with Crippen LogP contribution in [0.4, 0.5) is 0 Å². The van der Waals surface area contributed by atoms with E-state index in [2.05, 4.69) is 44.1 Å². The van der Waals surface area contributed by atoms with Crippen LogP contribution >= 0.6 is 31.9 Å². The van der Waals surface area contributed by atoms with Crippen molar-refractivity contribution in [3.63, 3.8) is 0 Å². The molecule has 0 aliphatic heterocycles. The first kappa shape index (κ1) is 16.0. The zero-order valence-corrected chi connectivity index (χ0v) is 13.8. The van der Waals surface area contributed by atoms with Gasteiger partial charge in [-0.15, -0.1) is 0 Å². The Balaban J connectivity index is 2.68. The van der Waals surface area contributed by atoms with Gasteiger partial charge in [0, 0.05) is 19.2 Å². The van der Waals surface area contributed by atoms with Crippen molar-refractivity contribution in [1.82, 2.24) is 5.32 Å². The average molecular weight is 381 g/mol. The molecule has 1 rings (SSSR count). The number of ether oxygens (including phenoxy) is 1. The van der Waals surface area contributed by atoms with E-state index in [-0.39, 0.29) is 6.61 Å². The quantitative estimate of drug-likeness (QED) is 0.760. The molecule has 102 valence electrons. The predicted molar refractivity (Wildman–Crippen MR) is 81.0 cm³/mol. The maximum absolute atomic E-state index is 8.95. The monoisotopic (exact) mass is 379 g/mol. The number of methoxy groups -OCH3 is 1. The fourth-order valence-corrected chi connectivity index (χ4v) is 3.38. The van der Waals surface area contributed by atoms with Crippen LogP contribution in [0.2, 0.25) is 0 Å². The summed E-state index contributed by atoms with van der Waals surface area (Å²) in [5, 5.41) is 12.4. The molecule has 1 aromatic rings. The Morgan fingerprint density at radius 1 is 1.33 bits per heavy atom. The molecule has 0 bridgehead atoms. The number of hydrogen-bond donors (Lipinski definition) is 2. The second kappa shape index (κ2) is 8.15. The smallest absolute Gasteiger partial charge is 0.147 e. The molecule has 0 fully saturated rings. The highest BCUT2D eigenvalue weighted by Gasteiger charge is 2.09. The summed E-state index contributed by atoms with van der Waals surface area (Å²) in [7, 11) is 1.65. The Morgan fingerprint density at radius 3 is 2.39 bits per heavy atom. The number of aliphatic hydroxyl groups excluding tert-OH is 1. The molecule has 1 atom stereocenters. The van der Waals surface area contributed by atoms with Crippen molar-refractivity contribution in [2.24, 2.45) is 0 Å². The topological polar surface area (TPSA) is 41.5 Å². The first-order chi connectivity index (χ1) is 8.62. The normalized spacial score (nSPS) is 12.5. The largest absolute Gasteiger partial charge is 0.494 e. The number of nitrogens with one attached hydrogen (secondary N) is 1. The van der Waals surface area contributed by atoms with E-state index in [0.717, 1.165) is 34.1 Å². The van der Waals surface area contributed by atoms with Gasteiger partial charge in [0.25, 0.3) is 0 Å². The van der Waals surface area contributed by atoms with Crippen molar-refractivity contribution in [3.05, 3.63) is 26.6 Å². The number of aliphatic hydroxyl groups is 1. The second-order valence-electron chi connectivity index (χ2n) is 4.09. The molecule has 1 aromatic carbocycles. The summed E-state index contributed by atoms with van der Waals surface area (Å²) in [5.74, 6) is 0.807. The Hall–Kier alpha value is -0.100. The molecular formula is C13H19Br2NO2. The van der Waals surface area contributed by atoms with E-state index in [4.69, 9.17) is 9.84 Å². The molecule has 18 heavy (non-hydrogen) atoms. The predicted octanol–water partition coefficient (Wildman–Crippen LogP) is 3.47. The van der Waals surface area contributed by atoms with Crippen LogP contribution in [0.5, 0.6) is 5.75 Å². The summed E-state index contributed by atoms with van der Waals surface area (Å²) in [4.78, 5) is 0. The minimum Gasteiger partial charge on any atom is -0.494 e. The Bertz CT molecular complexity index is 362. The van der Waals surface area contributed by atoms with E-state index in [0.29, 0.717) is 6.04 Å². The van der Waals surface area contributed by atoms with Crippen LogP contribution in [-0.4, -0.2) is 24.9 Å². The molecule has 5 heteroatoms. The number of hydrogen-bond acceptors (Lipinski definition) is 3. The summed E-state index contributed by atoms with van der Waals surface area (Å²) < 4.78 is 7.14. The molecule has 0 aliphatic carbocycles. The summed E-state index contributed by atoms with van der Waals surface area (Å²) >= 11 is 6.98. The highest BCUT2D eigenvalue weighted by atomic mass is 79.9. The van der Waals surface area contributed by atoms with E-state index in [9.17, 15) is 0 Å². The van der Waals surface area contributed by atoms with Crippen LogP contribution in [0, 0.1) is 0 Å². The molecule has 1 unspecified atom stereocenters. The highest BCUT2D eigenvalue weighted by molar-refractivity contribution is 9.11. The van der Waals surface area contributed by atoms with Crippen LogP contribution in [-0.2, 0) is 6.54 Å². The van der Waals surface area contributed by atoms with Crippen LogP contribution in [0.25, 0.3) is 0 Å². The minimum absolute atomic E-state index is 0.224. The molecule has 2 N–H and O–H groups in total. The highest BCUT2D eigenvalue weighted by Crippen LogP contribution is 2.34. The van der Waals surface area contributed by atoms with Crippen LogP contribution in [0.3, 0.4) is 0 Å². The van der Waals surface area contributed by atoms with Gasteiger partial charge in [0.15, 0.2) is 0 Å². The van der Waals surface area contributed by atoms with E-state index >= 15 is 0 Å². The Kier molecular flexibility index (Phi) is 7.22. The van der Waals surface area contributed by atoms with Gasteiger partial charge in [-0.3, -0.25) is 0 Å². The van der Waals surface area contributed by atoms with Gasteiger partial charge in [0.1, 0.15) is 5.75 Å². The molecule has 0 heterocycles. The van der Waals surface area contributed by atoms with Gasteiger partial charge in [0.2, 0.25) is 0 Å². The molecule has 0 saturated heterocycles. The molecule has 3 nitrogen and oxygen atoms in total. The zero-order valence-electron chi connectivity index (χ0n) is 10.7. The molecule has 0 radical (unpaired) electrons. The Labute approximate surface area is 125 Å². The fraction of sp³-hybridized carbons (Fsp3) is 0.538. The van der Waals surface area contributed by atoms with Crippen molar-refractivity contribution in [1.29, 1.82) is 0 Å². The van der Waals surface area contributed by atoms with Crippen molar-refractivity contribution in [2.45, 2.75) is 32.4 Å². The van der Waals surface area contributed by atoms with Gasteiger partial charge in [0.05, 0.1) is 16.1 Å². The summed E-state index contributed by atoms with van der Waals surface area (Å²) in [6.45, 7) is 3.12. The molecule has 0 saturated carbocycles. The van der Waals surface area contributed by atoms with Crippen LogP contribution in [0.1, 0.15) is 25.3 Å². The lowest BCUT2D eigenvalue weighted by molar-refractivity contribution is 0.262. The van der Waals surface area contributed by atoms with E-state index in [1.165, 1.54) is 5.56 Å². The third-order valence-electron chi connectivity index (χ3n) is 2.83. The van der Waals surface area contributed by atoms with Crippen molar-refractivity contribution >= 4 is 31.9 Å². The fourth-order valence-electron chi connectivity index (χ4n) is 1.78. The third-order valence-corrected chi connectivity index (χ3v) is 4.01. The summed E-state index contributed by atoms with van der Waals surface area (Å²) in [6, 6.07) is 4.44. The number of halogens is 2. The van der Waals surface area contributed by atoms with E-state index in [1.807, 2.05) is 12.1 Å². The van der Waals surface area contributed by atoms with Gasteiger partial charge < -0.3 is 15.2 Å². The minimum atomic E-state index is 0.224. The van der Waals surface area contributed by atoms with E-state index in [1.54, 1.807) is 7.11 Å². The lowest BCUT2D eigenvalue weighted by Crippen LogP contribution is -2.28. The maximum Gasteiger partial charge on any atom is 0.147 e. The van der Waals surface area contributed by atoms with Crippen LogP contribution < -0.4 is 10.1 Å². The molecule has 0 amide bonds. The lowest BCUT2D eigenvalue weighted by Gasteiger charge is -2.16. The molecular weight excluding hydrogens is 362 g/mol. The van der Waals surface area contributed by atoms with Crippen molar-refractivity contribution < 1.29 is 9.84 Å². The number of rotatable bonds is 7. The second-order valence-corrected chi connectivity index (χ2v) is 5.80. The average Bonchev–Trinajstić information content (AvgIpc) is 2.34. The summed E-state index contributed by atoms with van der Waals surface area (Å²) in [5.41, 5.74) is 1.17. The molecule has 0 aliphatic rings. The van der Waals surface area contributed by atoms with Gasteiger partial charge in [-0.05, 0) is 62.4 Å². The van der Waals surface area contributed by atoms with Crippen LogP contribution in [0.15, 0.2) is 21.1 Å². The third kappa shape index (κ3) is 4.53. The van der Waals surface area contributed by atoms with Gasteiger partial charge in [-0.1, -0.05) is 6.92 Å². The SMILES string of the molecule is CCC(CCO)NCc1cc(Br)c(OC)c(Br)c1. The zero-order chi connectivity index (χ0) is 13.5. The lowest BCUT2D eigenvalue weighted by atomic mass is 10.1. The molecule has 0 aromatic heterocycles. The van der Waals surface area contributed by atoms with E-state index < -0.39 is 0 Å². The van der Waals surface area contributed by atoms with Crippen molar-refractivity contribution in [2.75, 3.05) is 13.7 Å². The number of benzene rings is 1.